The Morgan fingerprint density at radius 3 is 2.71 bits per heavy atom. The molecule has 0 aliphatic rings. The van der Waals surface area contributed by atoms with Gasteiger partial charge in [-0.25, -0.2) is 0 Å². The van der Waals surface area contributed by atoms with Crippen LogP contribution in [0.2, 0.25) is 0 Å². The van der Waals surface area contributed by atoms with Crippen molar-refractivity contribution in [2.75, 3.05) is 6.54 Å². The fourth-order valence-corrected chi connectivity index (χ4v) is 2.13. The first kappa shape index (κ1) is 15.4. The molecule has 2 aromatic rings. The molecular formula is C17H23N3O. The number of hydrogen-bond acceptors (Lipinski definition) is 3. The van der Waals surface area contributed by atoms with Gasteiger partial charge in [-0.1, -0.05) is 38.1 Å². The molecule has 0 bridgehead atoms. The number of carbonyl (C=O) groups excluding carboxylic acids is 1. The van der Waals surface area contributed by atoms with Crippen LogP contribution in [0.1, 0.15) is 26.3 Å². The normalized spacial score (nSPS) is 12.6. The van der Waals surface area contributed by atoms with E-state index in [0.29, 0.717) is 19.0 Å². The van der Waals surface area contributed by atoms with Crippen LogP contribution in [0, 0.1) is 5.92 Å². The van der Waals surface area contributed by atoms with Crippen LogP contribution in [-0.2, 0) is 11.3 Å². The van der Waals surface area contributed by atoms with Gasteiger partial charge < -0.3 is 10.6 Å². The Kier molecular flexibility index (Phi) is 5.28. The average Bonchev–Trinajstić information content (AvgIpc) is 2.50. The fraction of sp³-hybridized carbons (Fsp3) is 0.412. The van der Waals surface area contributed by atoms with E-state index in [9.17, 15) is 4.79 Å². The molecule has 0 spiro atoms. The highest BCUT2D eigenvalue weighted by Gasteiger charge is 2.12. The van der Waals surface area contributed by atoms with Gasteiger partial charge in [0.1, 0.15) is 0 Å². The van der Waals surface area contributed by atoms with Crippen LogP contribution in [0.3, 0.4) is 0 Å². The second-order valence-corrected chi connectivity index (χ2v) is 5.76. The number of nitrogens with one attached hydrogen (secondary N) is 2. The van der Waals surface area contributed by atoms with Gasteiger partial charge in [-0.3, -0.25) is 9.78 Å². The summed E-state index contributed by atoms with van der Waals surface area (Å²) in [6.45, 7) is 7.39. The van der Waals surface area contributed by atoms with Crippen LogP contribution in [0.25, 0.3) is 10.8 Å². The Labute approximate surface area is 126 Å². The van der Waals surface area contributed by atoms with E-state index >= 15 is 0 Å². The monoisotopic (exact) mass is 285 g/mol. The van der Waals surface area contributed by atoms with Gasteiger partial charge in [0.15, 0.2) is 0 Å². The van der Waals surface area contributed by atoms with Crippen molar-refractivity contribution in [2.24, 2.45) is 5.92 Å². The van der Waals surface area contributed by atoms with Crippen molar-refractivity contribution in [3.63, 3.8) is 0 Å². The third kappa shape index (κ3) is 4.26. The molecule has 4 nitrogen and oxygen atoms in total. The first-order valence-electron chi connectivity index (χ1n) is 7.40. The molecule has 1 amide bonds. The lowest BCUT2D eigenvalue weighted by atomic mass is 10.1. The van der Waals surface area contributed by atoms with E-state index in [1.165, 1.54) is 5.39 Å². The maximum absolute atomic E-state index is 11.9. The van der Waals surface area contributed by atoms with E-state index in [2.05, 4.69) is 35.5 Å². The highest BCUT2D eigenvalue weighted by atomic mass is 16.2. The van der Waals surface area contributed by atoms with E-state index in [1.807, 2.05) is 37.5 Å². The van der Waals surface area contributed by atoms with Crippen LogP contribution in [-0.4, -0.2) is 23.5 Å². The fourth-order valence-electron chi connectivity index (χ4n) is 2.13. The first-order valence-corrected chi connectivity index (χ1v) is 7.40. The SMILES string of the molecule is CC(C)CNC(=O)C(C)NCc1cncc2ccccc12. The number of rotatable bonds is 6. The summed E-state index contributed by atoms with van der Waals surface area (Å²) in [6.07, 6.45) is 3.71. The molecule has 4 heteroatoms. The van der Waals surface area contributed by atoms with Gasteiger partial charge in [0.05, 0.1) is 6.04 Å². The molecule has 0 saturated heterocycles. The topological polar surface area (TPSA) is 54.0 Å². The Balaban J connectivity index is 1.97. The van der Waals surface area contributed by atoms with Crippen LogP contribution >= 0.6 is 0 Å². The second kappa shape index (κ2) is 7.18. The Morgan fingerprint density at radius 2 is 1.95 bits per heavy atom. The van der Waals surface area contributed by atoms with Crippen LogP contribution < -0.4 is 10.6 Å². The van der Waals surface area contributed by atoms with Crippen molar-refractivity contribution < 1.29 is 4.79 Å². The maximum Gasteiger partial charge on any atom is 0.236 e. The minimum atomic E-state index is -0.220. The summed E-state index contributed by atoms with van der Waals surface area (Å²) in [6, 6.07) is 7.93. The number of hydrogen-bond donors (Lipinski definition) is 2. The van der Waals surface area contributed by atoms with E-state index in [4.69, 9.17) is 0 Å². The van der Waals surface area contributed by atoms with Gasteiger partial charge in [-0.05, 0) is 23.8 Å². The molecule has 0 radical (unpaired) electrons. The first-order chi connectivity index (χ1) is 10.1. The van der Waals surface area contributed by atoms with Crippen molar-refractivity contribution in [1.29, 1.82) is 0 Å². The summed E-state index contributed by atoms with van der Waals surface area (Å²) in [4.78, 5) is 16.2. The number of carbonyl (C=O) groups is 1. The van der Waals surface area contributed by atoms with Gasteiger partial charge in [-0.2, -0.15) is 0 Å². The number of aromatic nitrogens is 1. The molecule has 1 atom stereocenters. The number of nitrogens with zero attached hydrogens (tertiary/aromatic N) is 1. The quantitative estimate of drug-likeness (QED) is 0.857. The average molecular weight is 285 g/mol. The van der Waals surface area contributed by atoms with Gasteiger partial charge in [0.25, 0.3) is 0 Å². The Morgan fingerprint density at radius 1 is 1.19 bits per heavy atom. The Bertz CT molecular complexity index is 605. The summed E-state index contributed by atoms with van der Waals surface area (Å²) in [5, 5.41) is 8.50. The van der Waals surface area contributed by atoms with Crippen molar-refractivity contribution >= 4 is 16.7 Å². The van der Waals surface area contributed by atoms with Crippen molar-refractivity contribution in [3.8, 4) is 0 Å². The molecule has 0 aliphatic carbocycles. The molecule has 2 N–H and O–H groups in total. The lowest BCUT2D eigenvalue weighted by molar-refractivity contribution is -0.122. The predicted molar refractivity (Wildman–Crippen MR) is 85.9 cm³/mol. The highest BCUT2D eigenvalue weighted by molar-refractivity contribution is 5.85. The molecule has 1 aromatic heterocycles. The molecule has 0 fully saturated rings. The zero-order valence-electron chi connectivity index (χ0n) is 12.9. The van der Waals surface area contributed by atoms with Gasteiger partial charge in [-0.15, -0.1) is 0 Å². The zero-order valence-corrected chi connectivity index (χ0v) is 12.9. The van der Waals surface area contributed by atoms with Gasteiger partial charge in [0, 0.05) is 30.9 Å². The molecular weight excluding hydrogens is 262 g/mol. The molecule has 1 aromatic carbocycles. The Hall–Kier alpha value is -1.94. The predicted octanol–water partition coefficient (Wildman–Crippen LogP) is 2.49. The lowest BCUT2D eigenvalue weighted by Crippen LogP contribution is -2.43. The summed E-state index contributed by atoms with van der Waals surface area (Å²) >= 11 is 0. The van der Waals surface area contributed by atoms with Crippen LogP contribution in [0.5, 0.6) is 0 Å². The molecule has 0 saturated carbocycles. The minimum Gasteiger partial charge on any atom is -0.354 e. The lowest BCUT2D eigenvalue weighted by Gasteiger charge is -2.15. The van der Waals surface area contributed by atoms with E-state index in [1.54, 1.807) is 0 Å². The molecule has 2 rings (SSSR count). The highest BCUT2D eigenvalue weighted by Crippen LogP contribution is 2.16. The third-order valence-electron chi connectivity index (χ3n) is 3.43. The van der Waals surface area contributed by atoms with Gasteiger partial charge in [0.2, 0.25) is 5.91 Å². The van der Waals surface area contributed by atoms with Gasteiger partial charge >= 0.3 is 0 Å². The summed E-state index contributed by atoms with van der Waals surface area (Å²) in [5.41, 5.74) is 1.11. The molecule has 21 heavy (non-hydrogen) atoms. The smallest absolute Gasteiger partial charge is 0.236 e. The molecule has 0 aliphatic heterocycles. The third-order valence-corrected chi connectivity index (χ3v) is 3.43. The molecule has 112 valence electrons. The van der Waals surface area contributed by atoms with Crippen LogP contribution in [0.4, 0.5) is 0 Å². The standard InChI is InChI=1S/C17H23N3O/c1-12(2)8-20-17(21)13(3)19-11-15-10-18-9-14-6-4-5-7-16(14)15/h4-7,9-10,12-13,19H,8,11H2,1-3H3,(H,20,21). The number of pyridine rings is 1. The van der Waals surface area contributed by atoms with Crippen LogP contribution in [0.15, 0.2) is 36.7 Å². The zero-order chi connectivity index (χ0) is 15.2. The number of benzene rings is 1. The summed E-state index contributed by atoms with van der Waals surface area (Å²) < 4.78 is 0. The summed E-state index contributed by atoms with van der Waals surface area (Å²) in [7, 11) is 0. The minimum absolute atomic E-state index is 0.0388. The summed E-state index contributed by atoms with van der Waals surface area (Å²) in [5.74, 6) is 0.500. The molecule has 1 heterocycles. The number of amides is 1. The largest absolute Gasteiger partial charge is 0.354 e. The van der Waals surface area contributed by atoms with E-state index < -0.39 is 0 Å². The van der Waals surface area contributed by atoms with Crippen molar-refractivity contribution in [2.45, 2.75) is 33.4 Å². The van der Waals surface area contributed by atoms with E-state index in [-0.39, 0.29) is 11.9 Å². The maximum atomic E-state index is 11.9. The van der Waals surface area contributed by atoms with E-state index in [0.717, 1.165) is 10.9 Å². The van der Waals surface area contributed by atoms with Crippen molar-refractivity contribution in [1.82, 2.24) is 15.6 Å². The van der Waals surface area contributed by atoms with Crippen molar-refractivity contribution in [3.05, 3.63) is 42.2 Å². The number of fused-ring (bicyclic) bond motifs is 1. The molecule has 1 unspecified atom stereocenters. The second-order valence-electron chi connectivity index (χ2n) is 5.76.